The van der Waals surface area contributed by atoms with E-state index >= 15 is 0 Å². The van der Waals surface area contributed by atoms with E-state index in [2.05, 4.69) is 4.18 Å². The fourth-order valence-corrected chi connectivity index (χ4v) is 2.74. The van der Waals surface area contributed by atoms with Gasteiger partial charge in [0, 0.05) is 0 Å². The number of carboxylic acid groups (broad SMARTS) is 1. The maximum atomic E-state index is 10.9. The van der Waals surface area contributed by atoms with Crippen LogP contribution in [0.25, 0.3) is 0 Å². The molecule has 0 aromatic rings. The Morgan fingerprint density at radius 1 is 1.21 bits per heavy atom. The van der Waals surface area contributed by atoms with Gasteiger partial charge in [-0.25, -0.2) is 8.42 Å². The predicted molar refractivity (Wildman–Crippen MR) is 75.4 cm³/mol. The first kappa shape index (κ1) is 29.6. The van der Waals surface area contributed by atoms with E-state index in [9.17, 15) is 43.3 Å². The Labute approximate surface area is 209 Å². The van der Waals surface area contributed by atoms with Gasteiger partial charge in [0.15, 0.2) is 6.29 Å². The van der Waals surface area contributed by atoms with E-state index in [1.165, 1.54) is 0 Å². The zero-order valence-corrected chi connectivity index (χ0v) is 20.2. The van der Waals surface area contributed by atoms with Crippen LogP contribution in [-0.2, 0) is 33.6 Å². The molecule has 8 atom stereocenters. The Hall–Kier alpha value is 0.600. The van der Waals surface area contributed by atoms with E-state index in [-0.39, 0.29) is 59.1 Å². The van der Waals surface area contributed by atoms with Crippen LogP contribution < -0.4 is 70.0 Å². The van der Waals surface area contributed by atoms with Crippen LogP contribution in [0.2, 0.25) is 0 Å². The molecule has 0 radical (unpaired) electrons. The third-order valence-corrected chi connectivity index (χ3v) is 4.23. The van der Waals surface area contributed by atoms with Crippen LogP contribution in [-0.4, -0.2) is 95.1 Å². The fourth-order valence-electron chi connectivity index (χ4n) is 2.44. The molecule has 0 aromatic carbocycles. The van der Waals surface area contributed by atoms with Crippen molar-refractivity contribution in [1.82, 2.24) is 0 Å². The number of carboxylic acids is 1. The fraction of sp³-hybridized carbons (Fsp3) is 0.750. The number of rotatable bonds is 6. The maximum Gasteiger partial charge on any atom is 1.00 e. The van der Waals surface area contributed by atoms with Crippen LogP contribution in [0.3, 0.4) is 0 Å². The molecule has 0 saturated carbocycles. The Morgan fingerprint density at radius 2 is 1.79 bits per heavy atom. The topological polar surface area (TPSA) is 241 Å². The number of aliphatic hydroxyl groups excluding tert-OH is 4. The molecule has 29 heavy (non-hydrogen) atoms. The Kier molecular flexibility index (Phi) is 12.3. The zero-order chi connectivity index (χ0) is 20.5. The summed E-state index contributed by atoms with van der Waals surface area (Å²) in [5, 5.41) is 50.2. The summed E-state index contributed by atoms with van der Waals surface area (Å²) in [6.45, 7) is -1.01. The van der Waals surface area contributed by atoms with Gasteiger partial charge in [0.05, 0.1) is 12.6 Å². The monoisotopic (exact) mass is 461 g/mol. The molecule has 2 aliphatic rings. The summed E-state index contributed by atoms with van der Waals surface area (Å²) in [7, 11) is -5.16. The van der Waals surface area contributed by atoms with E-state index < -0.39 is 77.9 Å². The van der Waals surface area contributed by atoms with Crippen LogP contribution in [0.15, 0.2) is 11.8 Å². The largest absolute Gasteiger partial charge is 1.00 e. The number of ether oxygens (including phenoxy) is 3. The molecule has 156 valence electrons. The molecule has 1 saturated heterocycles. The maximum absolute atomic E-state index is 10.9. The summed E-state index contributed by atoms with van der Waals surface area (Å²) in [4.78, 5) is 10.9. The van der Waals surface area contributed by atoms with E-state index in [1.54, 1.807) is 0 Å². The molecular formula is C12H17NNa2O13S. The normalized spacial score (nSPS) is 37.4. The Morgan fingerprint density at radius 3 is 2.31 bits per heavy atom. The molecule has 14 nitrogen and oxygen atoms in total. The number of carbonyl (C=O) groups is 1. The SMILES string of the molecule is N[C@H]1C(O)O[C@H](COS(=O)(=O)[O-])[C@@H](O[C@@H]2OC(C(=O)[O-])=C[C@H](O)[C@H]2O)[C@@H]1O.[Na+].[Na+]. The van der Waals surface area contributed by atoms with Crippen molar-refractivity contribution in [3.05, 3.63) is 11.8 Å². The van der Waals surface area contributed by atoms with Gasteiger partial charge in [0.25, 0.3) is 0 Å². The van der Waals surface area contributed by atoms with Crippen molar-refractivity contribution in [3.8, 4) is 0 Å². The second kappa shape index (κ2) is 12.0. The number of nitrogens with two attached hydrogens (primary N) is 1. The first-order valence-corrected chi connectivity index (χ1v) is 8.73. The van der Waals surface area contributed by atoms with Crippen LogP contribution in [0.4, 0.5) is 0 Å². The first-order chi connectivity index (χ1) is 12.4. The third kappa shape index (κ3) is 7.90. The molecule has 17 heteroatoms. The molecular weight excluding hydrogens is 444 g/mol. The van der Waals surface area contributed by atoms with Crippen LogP contribution in [0, 0.1) is 0 Å². The second-order valence-corrected chi connectivity index (χ2v) is 6.76. The van der Waals surface area contributed by atoms with E-state index in [0.717, 1.165) is 0 Å². The minimum absolute atomic E-state index is 0. The van der Waals surface area contributed by atoms with Gasteiger partial charge >= 0.3 is 59.1 Å². The predicted octanol–water partition coefficient (Wildman–Crippen LogP) is -12.0. The minimum Gasteiger partial charge on any atom is -0.726 e. The van der Waals surface area contributed by atoms with Gasteiger partial charge < -0.3 is 54.8 Å². The average molecular weight is 461 g/mol. The average Bonchev–Trinajstić information content (AvgIpc) is 2.56. The summed E-state index contributed by atoms with van der Waals surface area (Å²) in [5.74, 6) is -2.71. The molecule has 2 heterocycles. The molecule has 0 amide bonds. The van der Waals surface area contributed by atoms with Crippen molar-refractivity contribution in [2.24, 2.45) is 5.73 Å². The van der Waals surface area contributed by atoms with Gasteiger partial charge in [0.1, 0.15) is 42.2 Å². The smallest absolute Gasteiger partial charge is 0.726 e. The van der Waals surface area contributed by atoms with Crippen LogP contribution in [0.1, 0.15) is 0 Å². The van der Waals surface area contributed by atoms with Crippen molar-refractivity contribution in [2.75, 3.05) is 6.61 Å². The summed E-state index contributed by atoms with van der Waals surface area (Å²) in [5.41, 5.74) is 5.50. The van der Waals surface area contributed by atoms with E-state index in [4.69, 9.17) is 19.9 Å². The minimum atomic E-state index is -5.16. The molecule has 2 rings (SSSR count). The van der Waals surface area contributed by atoms with Crippen LogP contribution in [0.5, 0.6) is 0 Å². The first-order valence-electron chi connectivity index (χ1n) is 7.39. The number of hydrogen-bond donors (Lipinski definition) is 5. The van der Waals surface area contributed by atoms with Crippen molar-refractivity contribution < 1.29 is 121 Å². The van der Waals surface area contributed by atoms with Crippen molar-refractivity contribution >= 4 is 16.4 Å². The zero-order valence-electron chi connectivity index (χ0n) is 15.4. The molecule has 1 unspecified atom stereocenters. The number of carbonyl (C=O) groups excluding carboxylic acids is 1. The van der Waals surface area contributed by atoms with Gasteiger partial charge in [-0.15, -0.1) is 0 Å². The quantitative estimate of drug-likeness (QED) is 0.140. The van der Waals surface area contributed by atoms with Gasteiger partial charge in [-0.05, 0) is 6.08 Å². The standard InChI is InChI=1S/C12H19NO13S.2Na/c13-6-8(16)9(5(24-11(6)19)2-23-27(20,21)22)26-12-7(15)3(14)1-4(25-12)10(17)18;;/h1,3,5-9,11-12,14-16,19H,2,13H2,(H,17,18)(H,20,21,22);;/q;2*+1/p-2/t3-,5+,6+,7+,8+,9+,11?,12-;;/m0../s1. The Balaban J connectivity index is 0.00000392. The molecule has 0 bridgehead atoms. The molecule has 2 aliphatic heterocycles. The third-order valence-electron chi connectivity index (χ3n) is 3.80. The van der Waals surface area contributed by atoms with Gasteiger partial charge in [-0.2, -0.15) is 0 Å². The van der Waals surface area contributed by atoms with Gasteiger partial charge in [0.2, 0.25) is 16.7 Å². The van der Waals surface area contributed by atoms with Gasteiger partial charge in [-0.3, -0.25) is 4.18 Å². The molecule has 0 aliphatic carbocycles. The summed E-state index contributed by atoms with van der Waals surface area (Å²) < 4.78 is 50.8. The van der Waals surface area contributed by atoms with E-state index in [0.29, 0.717) is 6.08 Å². The second-order valence-electron chi connectivity index (χ2n) is 5.71. The molecule has 0 aromatic heterocycles. The number of hydrogen-bond acceptors (Lipinski definition) is 14. The van der Waals surface area contributed by atoms with Crippen molar-refractivity contribution in [2.45, 2.75) is 49.1 Å². The van der Waals surface area contributed by atoms with Crippen molar-refractivity contribution in [3.63, 3.8) is 0 Å². The molecule has 1 fully saturated rings. The number of aliphatic hydroxyl groups is 4. The van der Waals surface area contributed by atoms with Gasteiger partial charge in [-0.1, -0.05) is 0 Å². The number of aliphatic carboxylic acids is 1. The summed E-state index contributed by atoms with van der Waals surface area (Å²) in [6, 6.07) is -1.46. The molecule has 0 spiro atoms. The van der Waals surface area contributed by atoms with Crippen LogP contribution >= 0.6 is 0 Å². The summed E-state index contributed by atoms with van der Waals surface area (Å²) >= 11 is 0. The Bertz CT molecular complexity index is 691. The molecule has 6 N–H and O–H groups in total. The van der Waals surface area contributed by atoms with E-state index in [1.807, 2.05) is 0 Å². The van der Waals surface area contributed by atoms with Crippen molar-refractivity contribution in [1.29, 1.82) is 0 Å². The summed E-state index contributed by atoms with van der Waals surface area (Å²) in [6.07, 6.45) is -11.6.